The molecule has 196 valence electrons. The standard InChI is InChI=1S/C24H53BO6Si2/c1-13-33(14-2,15-3)30-20(6)18(4)23(31-32(11,12)24(7,8)9)19(5)22(26)21(29-10)16-17-25(27)28/h16-23,26-28H,13-15H2,1-12H3/b17-16+/t18-,19-,20-,21+,22-,23+/m1/s1. The molecule has 9 heteroatoms. The smallest absolute Gasteiger partial charge is 0.424 e. The predicted octanol–water partition coefficient (Wildman–Crippen LogP) is 5.00. The minimum absolute atomic E-state index is 0.00302. The number of hydrogen-bond acceptors (Lipinski definition) is 6. The molecule has 33 heavy (non-hydrogen) atoms. The Morgan fingerprint density at radius 2 is 1.39 bits per heavy atom. The van der Waals surface area contributed by atoms with Crippen molar-refractivity contribution in [1.82, 2.24) is 0 Å². The van der Waals surface area contributed by atoms with E-state index in [1.807, 2.05) is 6.92 Å². The first-order valence-corrected chi connectivity index (χ1v) is 18.1. The van der Waals surface area contributed by atoms with Crippen molar-refractivity contribution in [2.45, 2.75) is 123 Å². The van der Waals surface area contributed by atoms with E-state index in [0.29, 0.717) is 0 Å². The highest BCUT2D eigenvalue weighted by atomic mass is 28.4. The molecule has 6 nitrogen and oxygen atoms in total. The second-order valence-corrected chi connectivity index (χ2v) is 20.6. The van der Waals surface area contributed by atoms with Crippen LogP contribution in [0, 0.1) is 11.8 Å². The minimum atomic E-state index is -2.14. The van der Waals surface area contributed by atoms with Gasteiger partial charge in [-0.3, -0.25) is 0 Å². The van der Waals surface area contributed by atoms with Gasteiger partial charge < -0.3 is 28.7 Å². The lowest BCUT2D eigenvalue weighted by Crippen LogP contribution is -2.53. The molecule has 0 aromatic carbocycles. The van der Waals surface area contributed by atoms with Crippen molar-refractivity contribution in [3.63, 3.8) is 0 Å². The van der Waals surface area contributed by atoms with Crippen LogP contribution in [0.4, 0.5) is 0 Å². The lowest BCUT2D eigenvalue weighted by atomic mass is 9.83. The van der Waals surface area contributed by atoms with Gasteiger partial charge in [-0.1, -0.05) is 67.4 Å². The van der Waals surface area contributed by atoms with E-state index >= 15 is 0 Å². The zero-order valence-corrected chi connectivity index (χ0v) is 25.4. The molecule has 0 aliphatic carbocycles. The molecule has 0 amide bonds. The number of methoxy groups -OCH3 is 1. The number of rotatable bonds is 15. The van der Waals surface area contributed by atoms with Crippen molar-refractivity contribution in [1.29, 1.82) is 0 Å². The fourth-order valence-corrected chi connectivity index (χ4v) is 8.48. The second kappa shape index (κ2) is 13.9. The SMILES string of the molecule is CC[Si](CC)(CC)O[C@H](C)[C@@H](C)[C@H](O[Si](C)(C)C(C)(C)C)[C@H](C)[C@@H](O)[C@H](/C=C/B(O)O)OC. The summed E-state index contributed by atoms with van der Waals surface area (Å²) in [7, 11) is -4.02. The monoisotopic (exact) mass is 504 g/mol. The molecule has 0 heterocycles. The van der Waals surface area contributed by atoms with E-state index in [0.717, 1.165) is 18.1 Å². The molecule has 0 aromatic rings. The van der Waals surface area contributed by atoms with Crippen LogP contribution in [0.3, 0.4) is 0 Å². The zero-order valence-electron chi connectivity index (χ0n) is 23.4. The molecule has 0 rings (SSSR count). The quantitative estimate of drug-likeness (QED) is 0.272. The van der Waals surface area contributed by atoms with E-state index in [2.05, 4.69) is 68.5 Å². The van der Waals surface area contributed by atoms with Crippen LogP contribution in [-0.4, -0.2) is 70.4 Å². The van der Waals surface area contributed by atoms with Gasteiger partial charge in [-0.15, -0.1) is 0 Å². The van der Waals surface area contributed by atoms with Gasteiger partial charge in [-0.05, 0) is 43.2 Å². The molecule has 0 radical (unpaired) electrons. The summed E-state index contributed by atoms with van der Waals surface area (Å²) < 4.78 is 19.2. The molecule has 0 spiro atoms. The summed E-state index contributed by atoms with van der Waals surface area (Å²) in [5.74, 6) is 1.02. The summed E-state index contributed by atoms with van der Waals surface area (Å²) in [6.45, 7) is 24.1. The van der Waals surface area contributed by atoms with Crippen LogP contribution < -0.4 is 0 Å². The first kappa shape index (κ1) is 33.0. The van der Waals surface area contributed by atoms with Crippen LogP contribution >= 0.6 is 0 Å². The van der Waals surface area contributed by atoms with E-state index in [9.17, 15) is 15.2 Å². The third kappa shape index (κ3) is 9.52. The number of aliphatic hydroxyl groups is 1. The molecule has 0 unspecified atom stereocenters. The van der Waals surface area contributed by atoms with Gasteiger partial charge in [0.15, 0.2) is 16.6 Å². The van der Waals surface area contributed by atoms with Crippen molar-refractivity contribution in [2.24, 2.45) is 11.8 Å². The Morgan fingerprint density at radius 1 is 0.909 bits per heavy atom. The molecule has 0 saturated carbocycles. The molecule has 0 bridgehead atoms. The number of aliphatic hydroxyl groups excluding tert-OH is 1. The van der Waals surface area contributed by atoms with E-state index in [1.165, 1.54) is 19.2 Å². The van der Waals surface area contributed by atoms with Crippen LogP contribution in [0.5, 0.6) is 0 Å². The van der Waals surface area contributed by atoms with E-state index in [4.69, 9.17) is 13.6 Å². The van der Waals surface area contributed by atoms with Gasteiger partial charge >= 0.3 is 7.12 Å². The molecule has 0 saturated heterocycles. The van der Waals surface area contributed by atoms with Gasteiger partial charge in [0.2, 0.25) is 0 Å². The van der Waals surface area contributed by atoms with Crippen molar-refractivity contribution < 1.29 is 28.7 Å². The normalized spacial score (nSPS) is 19.2. The first-order valence-electron chi connectivity index (χ1n) is 12.6. The zero-order chi connectivity index (χ0) is 26.2. The minimum Gasteiger partial charge on any atom is -0.424 e. The molecule has 0 aliphatic heterocycles. The van der Waals surface area contributed by atoms with Crippen molar-refractivity contribution >= 4 is 23.8 Å². The van der Waals surface area contributed by atoms with Crippen LogP contribution in [-0.2, 0) is 13.6 Å². The Morgan fingerprint density at radius 3 is 1.76 bits per heavy atom. The Balaban J connectivity index is 6.08. The molecular weight excluding hydrogens is 451 g/mol. The van der Waals surface area contributed by atoms with Crippen molar-refractivity contribution in [3.8, 4) is 0 Å². The van der Waals surface area contributed by atoms with E-state index < -0.39 is 36.0 Å². The second-order valence-electron chi connectivity index (χ2n) is 11.1. The first-order chi connectivity index (χ1) is 15.0. The fourth-order valence-electron chi connectivity index (χ4n) is 4.01. The lowest BCUT2D eigenvalue weighted by molar-refractivity contribution is -0.0701. The maximum Gasteiger partial charge on any atom is 0.480 e. The number of hydrogen-bond donors (Lipinski definition) is 3. The van der Waals surface area contributed by atoms with Gasteiger partial charge in [0.1, 0.15) is 6.10 Å². The topological polar surface area (TPSA) is 88.4 Å². The highest BCUT2D eigenvalue weighted by Gasteiger charge is 2.45. The van der Waals surface area contributed by atoms with E-state index in [-0.39, 0.29) is 29.1 Å². The van der Waals surface area contributed by atoms with Crippen LogP contribution in [0.15, 0.2) is 12.1 Å². The van der Waals surface area contributed by atoms with Crippen LogP contribution in [0.2, 0.25) is 36.3 Å². The molecule has 0 fully saturated rings. The van der Waals surface area contributed by atoms with Gasteiger partial charge in [0.05, 0.1) is 12.2 Å². The largest absolute Gasteiger partial charge is 0.480 e. The average molecular weight is 505 g/mol. The highest BCUT2D eigenvalue weighted by Crippen LogP contribution is 2.41. The Bertz CT molecular complexity index is 570. The Labute approximate surface area is 206 Å². The summed E-state index contributed by atoms with van der Waals surface area (Å²) in [6, 6.07) is 3.26. The number of ether oxygens (including phenoxy) is 1. The maximum absolute atomic E-state index is 11.2. The maximum atomic E-state index is 11.2. The lowest BCUT2D eigenvalue weighted by Gasteiger charge is -2.46. The van der Waals surface area contributed by atoms with E-state index in [1.54, 1.807) is 0 Å². The van der Waals surface area contributed by atoms with Crippen molar-refractivity contribution in [2.75, 3.05) is 7.11 Å². The van der Waals surface area contributed by atoms with Gasteiger partial charge in [-0.2, -0.15) is 0 Å². The molecule has 3 N–H and O–H groups in total. The summed E-state index contributed by atoms with van der Waals surface area (Å²) >= 11 is 0. The van der Waals surface area contributed by atoms with Crippen molar-refractivity contribution in [3.05, 3.63) is 12.1 Å². The molecular formula is C24H53BO6Si2. The third-order valence-electron chi connectivity index (χ3n) is 8.00. The Hall–Kier alpha value is -0.00130. The fraction of sp³-hybridized carbons (Fsp3) is 0.917. The summed E-state index contributed by atoms with van der Waals surface area (Å²) in [5, 5.41) is 29.7. The third-order valence-corrected chi connectivity index (χ3v) is 17.2. The highest BCUT2D eigenvalue weighted by molar-refractivity contribution is 6.74. The summed E-state index contributed by atoms with van der Waals surface area (Å²) in [5.41, 5.74) is 0. The van der Waals surface area contributed by atoms with Gasteiger partial charge in [-0.25, -0.2) is 0 Å². The molecule has 6 atom stereocenters. The summed E-state index contributed by atoms with van der Waals surface area (Å²) in [4.78, 5) is 0. The average Bonchev–Trinajstić information content (AvgIpc) is 2.74. The Kier molecular flexibility index (Phi) is 13.9. The molecule has 0 aliphatic rings. The predicted molar refractivity (Wildman–Crippen MR) is 144 cm³/mol. The van der Waals surface area contributed by atoms with Crippen LogP contribution in [0.1, 0.15) is 62.3 Å². The summed E-state index contributed by atoms with van der Waals surface area (Å²) in [6.07, 6.45) is -0.288. The molecule has 0 aromatic heterocycles. The van der Waals surface area contributed by atoms with Crippen LogP contribution in [0.25, 0.3) is 0 Å². The van der Waals surface area contributed by atoms with Gasteiger partial charge in [0, 0.05) is 25.0 Å². The van der Waals surface area contributed by atoms with Gasteiger partial charge in [0.25, 0.3) is 0 Å².